The van der Waals surface area contributed by atoms with Crippen molar-refractivity contribution in [3.05, 3.63) is 53.4 Å². The molecule has 0 amide bonds. The minimum absolute atomic E-state index is 0.566. The van der Waals surface area contributed by atoms with Gasteiger partial charge in [0.1, 0.15) is 18.1 Å². The summed E-state index contributed by atoms with van der Waals surface area (Å²) in [6.45, 7) is 2.06. The van der Waals surface area contributed by atoms with Crippen molar-refractivity contribution in [2.24, 2.45) is 4.99 Å². The Morgan fingerprint density at radius 1 is 1.30 bits per heavy atom. The Balaban J connectivity index is 1.69. The first-order valence-corrected chi connectivity index (χ1v) is 7.89. The Bertz CT molecular complexity index is 597. The molecule has 1 aromatic carbocycles. The van der Waals surface area contributed by atoms with Crippen molar-refractivity contribution in [3.63, 3.8) is 0 Å². The molecule has 0 aliphatic carbocycles. The van der Waals surface area contributed by atoms with Gasteiger partial charge >= 0.3 is 0 Å². The maximum absolute atomic E-state index is 5.85. The summed E-state index contributed by atoms with van der Waals surface area (Å²) in [7, 11) is 3.75. The summed E-state index contributed by atoms with van der Waals surface area (Å²) < 4.78 is 11.0. The molecule has 0 bridgehead atoms. The number of furan rings is 1. The molecule has 1 heterocycles. The number of ether oxygens (including phenoxy) is 1. The molecule has 6 heteroatoms. The molecule has 5 nitrogen and oxygen atoms in total. The van der Waals surface area contributed by atoms with Gasteiger partial charge in [0.2, 0.25) is 0 Å². The third kappa shape index (κ3) is 5.87. The molecule has 0 spiro atoms. The monoisotopic (exact) mass is 335 g/mol. The van der Waals surface area contributed by atoms with Gasteiger partial charge in [0, 0.05) is 32.1 Å². The quantitative estimate of drug-likeness (QED) is 0.624. The van der Waals surface area contributed by atoms with Crippen molar-refractivity contribution < 1.29 is 9.15 Å². The first-order chi connectivity index (χ1) is 11.2. The fourth-order valence-corrected chi connectivity index (χ4v) is 2.20. The molecule has 2 rings (SSSR count). The molecule has 124 valence electrons. The molecule has 0 aliphatic rings. The second-order valence-corrected chi connectivity index (χ2v) is 5.46. The first kappa shape index (κ1) is 17.2. The van der Waals surface area contributed by atoms with Gasteiger partial charge in [-0.05, 0) is 36.4 Å². The smallest absolute Gasteiger partial charge is 0.193 e. The summed E-state index contributed by atoms with van der Waals surface area (Å²) in [6.07, 6.45) is 2.51. The molecule has 0 atom stereocenters. The molecule has 23 heavy (non-hydrogen) atoms. The van der Waals surface area contributed by atoms with Gasteiger partial charge in [-0.1, -0.05) is 11.6 Å². The highest BCUT2D eigenvalue weighted by Crippen LogP contribution is 2.15. The van der Waals surface area contributed by atoms with Crippen LogP contribution in [0.25, 0.3) is 0 Å². The Labute approximate surface area is 141 Å². The lowest BCUT2D eigenvalue weighted by Crippen LogP contribution is -2.41. The summed E-state index contributed by atoms with van der Waals surface area (Å²) in [6, 6.07) is 11.2. The van der Waals surface area contributed by atoms with Crippen LogP contribution in [0.1, 0.15) is 5.76 Å². The number of benzene rings is 1. The zero-order chi connectivity index (χ0) is 16.5. The van der Waals surface area contributed by atoms with Gasteiger partial charge in [-0.2, -0.15) is 0 Å². The highest BCUT2D eigenvalue weighted by molar-refractivity contribution is 6.30. The summed E-state index contributed by atoms with van der Waals surface area (Å²) in [5, 5.41) is 4.01. The highest BCUT2D eigenvalue weighted by Gasteiger charge is 2.06. The Hall–Kier alpha value is -2.14. The van der Waals surface area contributed by atoms with E-state index in [0.717, 1.165) is 37.0 Å². The minimum atomic E-state index is 0.566. The average molecular weight is 336 g/mol. The number of halogens is 1. The van der Waals surface area contributed by atoms with Crippen LogP contribution in [-0.4, -0.2) is 44.7 Å². The van der Waals surface area contributed by atoms with Crippen LogP contribution in [0, 0.1) is 0 Å². The van der Waals surface area contributed by atoms with Crippen LogP contribution in [0.4, 0.5) is 0 Å². The zero-order valence-corrected chi connectivity index (χ0v) is 14.2. The van der Waals surface area contributed by atoms with Gasteiger partial charge in [0.25, 0.3) is 0 Å². The van der Waals surface area contributed by atoms with Crippen molar-refractivity contribution in [2.45, 2.75) is 6.42 Å². The Morgan fingerprint density at radius 3 is 2.74 bits per heavy atom. The predicted octanol–water partition coefficient (Wildman–Crippen LogP) is 3.06. The summed E-state index contributed by atoms with van der Waals surface area (Å²) in [4.78, 5) is 6.30. The molecule has 0 saturated heterocycles. The molecular weight excluding hydrogens is 314 g/mol. The maximum Gasteiger partial charge on any atom is 0.193 e. The van der Waals surface area contributed by atoms with Crippen molar-refractivity contribution in [1.82, 2.24) is 10.2 Å². The van der Waals surface area contributed by atoms with Gasteiger partial charge in [0.15, 0.2) is 5.96 Å². The van der Waals surface area contributed by atoms with Crippen LogP contribution < -0.4 is 10.1 Å². The minimum Gasteiger partial charge on any atom is -0.492 e. The lowest BCUT2D eigenvalue weighted by molar-refractivity contribution is 0.281. The SMILES string of the molecule is CN=C(NCCc1ccco1)N(C)CCOc1ccc(Cl)cc1. The van der Waals surface area contributed by atoms with E-state index in [9.17, 15) is 0 Å². The van der Waals surface area contributed by atoms with E-state index in [2.05, 4.69) is 10.3 Å². The number of nitrogens with one attached hydrogen (secondary N) is 1. The summed E-state index contributed by atoms with van der Waals surface area (Å²) >= 11 is 5.85. The van der Waals surface area contributed by atoms with Crippen LogP contribution in [0.2, 0.25) is 5.02 Å². The third-order valence-corrected chi connectivity index (χ3v) is 3.57. The number of hydrogen-bond donors (Lipinski definition) is 1. The second kappa shape index (κ2) is 9.10. The largest absolute Gasteiger partial charge is 0.492 e. The van der Waals surface area contributed by atoms with Gasteiger partial charge in [-0.25, -0.2) is 0 Å². The van der Waals surface area contributed by atoms with Crippen molar-refractivity contribution in [1.29, 1.82) is 0 Å². The molecule has 0 aliphatic heterocycles. The fourth-order valence-electron chi connectivity index (χ4n) is 2.07. The molecule has 2 aromatic rings. The normalized spacial score (nSPS) is 11.3. The van der Waals surface area contributed by atoms with Crippen LogP contribution >= 0.6 is 11.6 Å². The highest BCUT2D eigenvalue weighted by atomic mass is 35.5. The number of hydrogen-bond acceptors (Lipinski definition) is 3. The maximum atomic E-state index is 5.85. The molecular formula is C17H22ClN3O2. The summed E-state index contributed by atoms with van der Waals surface area (Å²) in [5.41, 5.74) is 0. The van der Waals surface area contributed by atoms with E-state index in [1.165, 1.54) is 0 Å². The average Bonchev–Trinajstić information content (AvgIpc) is 3.06. The molecule has 1 aromatic heterocycles. The van der Waals surface area contributed by atoms with Crippen molar-refractivity contribution in [2.75, 3.05) is 33.8 Å². The van der Waals surface area contributed by atoms with Crippen LogP contribution in [0.15, 0.2) is 52.1 Å². The fraction of sp³-hybridized carbons (Fsp3) is 0.353. The molecule has 0 fully saturated rings. The number of nitrogens with zero attached hydrogens (tertiary/aromatic N) is 2. The zero-order valence-electron chi connectivity index (χ0n) is 13.5. The lowest BCUT2D eigenvalue weighted by Gasteiger charge is -2.22. The van der Waals surface area contributed by atoms with E-state index in [4.69, 9.17) is 20.8 Å². The Morgan fingerprint density at radius 2 is 2.09 bits per heavy atom. The van der Waals surface area contributed by atoms with Gasteiger partial charge in [0.05, 0.1) is 12.8 Å². The van der Waals surface area contributed by atoms with E-state index < -0.39 is 0 Å². The van der Waals surface area contributed by atoms with Crippen LogP contribution in [0.5, 0.6) is 5.75 Å². The topological polar surface area (TPSA) is 50.0 Å². The second-order valence-electron chi connectivity index (χ2n) is 5.03. The Kier molecular flexibility index (Phi) is 6.81. The third-order valence-electron chi connectivity index (χ3n) is 3.32. The van der Waals surface area contributed by atoms with E-state index >= 15 is 0 Å². The number of rotatable bonds is 7. The molecule has 0 unspecified atom stereocenters. The lowest BCUT2D eigenvalue weighted by atomic mass is 10.3. The molecule has 0 saturated carbocycles. The molecule has 1 N–H and O–H groups in total. The molecule has 0 radical (unpaired) electrons. The van der Waals surface area contributed by atoms with E-state index in [0.29, 0.717) is 11.6 Å². The number of guanidine groups is 1. The predicted molar refractivity (Wildman–Crippen MR) is 93.4 cm³/mol. The van der Waals surface area contributed by atoms with E-state index in [-0.39, 0.29) is 0 Å². The van der Waals surface area contributed by atoms with Gasteiger partial charge < -0.3 is 19.4 Å². The number of likely N-dealkylation sites (N-methyl/N-ethyl adjacent to an activating group) is 1. The van der Waals surface area contributed by atoms with E-state index in [1.54, 1.807) is 13.3 Å². The standard InChI is InChI=1S/C17H22ClN3O2/c1-19-17(20-10-9-15-4-3-12-22-15)21(2)11-13-23-16-7-5-14(18)6-8-16/h3-8,12H,9-11,13H2,1-2H3,(H,19,20). The van der Waals surface area contributed by atoms with Gasteiger partial charge in [-0.3, -0.25) is 4.99 Å². The number of aliphatic imine (C=N–C) groups is 1. The van der Waals surface area contributed by atoms with Crippen molar-refractivity contribution in [3.8, 4) is 5.75 Å². The van der Waals surface area contributed by atoms with Crippen LogP contribution in [-0.2, 0) is 6.42 Å². The van der Waals surface area contributed by atoms with Crippen LogP contribution in [0.3, 0.4) is 0 Å². The first-order valence-electron chi connectivity index (χ1n) is 7.51. The van der Waals surface area contributed by atoms with E-state index in [1.807, 2.05) is 48.3 Å². The summed E-state index contributed by atoms with van der Waals surface area (Å²) in [5.74, 6) is 2.60. The van der Waals surface area contributed by atoms with Crippen molar-refractivity contribution >= 4 is 17.6 Å². The van der Waals surface area contributed by atoms with Gasteiger partial charge in [-0.15, -0.1) is 0 Å².